The van der Waals surface area contributed by atoms with Crippen LogP contribution in [-0.2, 0) is 0 Å². The Morgan fingerprint density at radius 3 is 2.70 bits per heavy atom. The third-order valence-corrected chi connectivity index (χ3v) is 3.98. The number of carbonyl (C=O) groups is 1. The highest BCUT2D eigenvalue weighted by molar-refractivity contribution is 7.22. The van der Waals surface area contributed by atoms with Gasteiger partial charge in [-0.1, -0.05) is 11.3 Å². The molecule has 7 heteroatoms. The highest BCUT2D eigenvalue weighted by atomic mass is 32.1. The van der Waals surface area contributed by atoms with E-state index in [1.165, 1.54) is 6.07 Å². The third-order valence-electron chi connectivity index (χ3n) is 3.06. The molecule has 3 aromatic rings. The summed E-state index contributed by atoms with van der Waals surface area (Å²) >= 11 is 1.01. The van der Waals surface area contributed by atoms with Crippen LogP contribution in [0.25, 0.3) is 10.2 Å². The summed E-state index contributed by atoms with van der Waals surface area (Å²) in [6.45, 7) is 2.41. The zero-order valence-electron chi connectivity index (χ0n) is 12.1. The van der Waals surface area contributed by atoms with Crippen molar-refractivity contribution >= 4 is 32.6 Å². The molecule has 1 N–H and O–H groups in total. The number of halogens is 2. The van der Waals surface area contributed by atoms with Gasteiger partial charge in [0.15, 0.2) is 10.9 Å². The SMILES string of the molecule is CCOc1ccc(C(=O)Nc2nc3c(F)cc(F)cc3s2)cc1. The van der Waals surface area contributed by atoms with Gasteiger partial charge in [0.1, 0.15) is 17.1 Å². The van der Waals surface area contributed by atoms with Gasteiger partial charge in [-0.2, -0.15) is 0 Å². The maximum Gasteiger partial charge on any atom is 0.257 e. The molecule has 0 bridgehead atoms. The smallest absolute Gasteiger partial charge is 0.257 e. The molecule has 0 saturated heterocycles. The van der Waals surface area contributed by atoms with Crippen LogP contribution >= 0.6 is 11.3 Å². The number of carbonyl (C=O) groups excluding carboxylic acids is 1. The van der Waals surface area contributed by atoms with Crippen molar-refractivity contribution in [3.63, 3.8) is 0 Å². The van der Waals surface area contributed by atoms with Crippen molar-refractivity contribution in [1.82, 2.24) is 4.98 Å². The van der Waals surface area contributed by atoms with Crippen molar-refractivity contribution in [2.45, 2.75) is 6.92 Å². The fraction of sp³-hybridized carbons (Fsp3) is 0.125. The fourth-order valence-electron chi connectivity index (χ4n) is 2.05. The van der Waals surface area contributed by atoms with Crippen LogP contribution in [0.2, 0.25) is 0 Å². The molecule has 23 heavy (non-hydrogen) atoms. The number of fused-ring (bicyclic) bond motifs is 1. The predicted molar refractivity (Wildman–Crippen MR) is 85.1 cm³/mol. The summed E-state index contributed by atoms with van der Waals surface area (Å²) in [5.41, 5.74) is 0.456. The third kappa shape index (κ3) is 3.29. The Hall–Kier alpha value is -2.54. The lowest BCUT2D eigenvalue weighted by atomic mass is 10.2. The lowest BCUT2D eigenvalue weighted by Crippen LogP contribution is -2.11. The van der Waals surface area contributed by atoms with E-state index in [4.69, 9.17) is 4.74 Å². The first kappa shape index (κ1) is 15.4. The van der Waals surface area contributed by atoms with Gasteiger partial charge in [0.2, 0.25) is 0 Å². The van der Waals surface area contributed by atoms with Crippen molar-refractivity contribution in [3.05, 3.63) is 53.6 Å². The Morgan fingerprint density at radius 1 is 1.26 bits per heavy atom. The normalized spacial score (nSPS) is 10.7. The minimum Gasteiger partial charge on any atom is -0.494 e. The van der Waals surface area contributed by atoms with E-state index < -0.39 is 11.6 Å². The van der Waals surface area contributed by atoms with Gasteiger partial charge in [-0.15, -0.1) is 0 Å². The Labute approximate surface area is 134 Å². The first-order valence-electron chi connectivity index (χ1n) is 6.86. The molecule has 0 spiro atoms. The lowest BCUT2D eigenvalue weighted by molar-refractivity contribution is 0.102. The van der Waals surface area contributed by atoms with Gasteiger partial charge in [-0.25, -0.2) is 13.8 Å². The van der Waals surface area contributed by atoms with Crippen LogP contribution in [0.4, 0.5) is 13.9 Å². The molecule has 3 rings (SSSR count). The summed E-state index contributed by atoms with van der Waals surface area (Å²) in [6, 6.07) is 8.56. The van der Waals surface area contributed by atoms with Gasteiger partial charge in [-0.3, -0.25) is 10.1 Å². The zero-order valence-corrected chi connectivity index (χ0v) is 12.9. The first-order chi connectivity index (χ1) is 11.1. The quantitative estimate of drug-likeness (QED) is 0.777. The molecular formula is C16H12F2N2O2S. The Bertz CT molecular complexity index is 862. The van der Waals surface area contributed by atoms with Gasteiger partial charge >= 0.3 is 0 Å². The van der Waals surface area contributed by atoms with Crippen LogP contribution in [0.15, 0.2) is 36.4 Å². The summed E-state index contributed by atoms with van der Waals surface area (Å²) in [6.07, 6.45) is 0. The van der Waals surface area contributed by atoms with Gasteiger partial charge in [0.25, 0.3) is 5.91 Å². The maximum atomic E-state index is 13.6. The van der Waals surface area contributed by atoms with Gasteiger partial charge < -0.3 is 4.74 Å². The lowest BCUT2D eigenvalue weighted by Gasteiger charge is -2.04. The molecule has 0 unspecified atom stereocenters. The highest BCUT2D eigenvalue weighted by Crippen LogP contribution is 2.29. The number of rotatable bonds is 4. The number of ether oxygens (including phenoxy) is 1. The first-order valence-corrected chi connectivity index (χ1v) is 7.68. The van der Waals surface area contributed by atoms with Crippen LogP contribution in [0.1, 0.15) is 17.3 Å². The molecule has 1 aromatic heterocycles. The molecule has 118 valence electrons. The molecule has 2 aromatic carbocycles. The average molecular weight is 334 g/mol. The largest absolute Gasteiger partial charge is 0.494 e. The molecule has 0 saturated carbocycles. The number of nitrogens with one attached hydrogen (secondary N) is 1. The molecule has 0 aliphatic carbocycles. The average Bonchev–Trinajstić information content (AvgIpc) is 2.91. The Balaban J connectivity index is 1.81. The molecule has 0 fully saturated rings. The standard InChI is InChI=1S/C16H12F2N2O2S/c1-2-22-11-5-3-9(4-6-11)15(21)20-16-19-14-12(18)7-10(17)8-13(14)23-16/h3-8H,2H2,1H3,(H,19,20,21). The van der Waals surface area contributed by atoms with E-state index in [0.29, 0.717) is 22.6 Å². The van der Waals surface area contributed by atoms with Crippen LogP contribution in [0.3, 0.4) is 0 Å². The van der Waals surface area contributed by atoms with Crippen LogP contribution in [-0.4, -0.2) is 17.5 Å². The number of nitrogens with zero attached hydrogens (tertiary/aromatic N) is 1. The number of anilines is 1. The number of aromatic nitrogens is 1. The molecule has 4 nitrogen and oxygen atoms in total. The number of thiazole rings is 1. The van der Waals surface area contributed by atoms with Crippen molar-refractivity contribution in [2.75, 3.05) is 11.9 Å². The molecule has 1 heterocycles. The van der Waals surface area contributed by atoms with Crippen LogP contribution in [0.5, 0.6) is 5.75 Å². The highest BCUT2D eigenvalue weighted by Gasteiger charge is 2.13. The second-order valence-corrected chi connectivity index (χ2v) is 5.70. The van der Waals surface area contributed by atoms with Gasteiger partial charge in [-0.05, 0) is 37.3 Å². The van der Waals surface area contributed by atoms with Gasteiger partial charge in [0.05, 0.1) is 11.3 Å². The zero-order chi connectivity index (χ0) is 16.4. The van der Waals surface area contributed by atoms with Gasteiger partial charge in [0, 0.05) is 11.6 Å². The number of hydrogen-bond donors (Lipinski definition) is 1. The molecule has 0 aliphatic rings. The van der Waals surface area contributed by atoms with E-state index in [-0.39, 0.29) is 16.6 Å². The van der Waals surface area contributed by atoms with Crippen molar-refractivity contribution in [3.8, 4) is 5.75 Å². The van der Waals surface area contributed by atoms with Crippen molar-refractivity contribution in [2.24, 2.45) is 0 Å². The number of benzene rings is 2. The van der Waals surface area contributed by atoms with Crippen LogP contribution in [0, 0.1) is 11.6 Å². The minimum absolute atomic E-state index is 0.0402. The monoisotopic (exact) mass is 334 g/mol. The topological polar surface area (TPSA) is 51.2 Å². The van der Waals surface area contributed by atoms with Crippen molar-refractivity contribution in [1.29, 1.82) is 0 Å². The predicted octanol–water partition coefficient (Wildman–Crippen LogP) is 4.23. The summed E-state index contributed by atoms with van der Waals surface area (Å²) in [5, 5.41) is 2.80. The Morgan fingerprint density at radius 2 is 2.00 bits per heavy atom. The summed E-state index contributed by atoms with van der Waals surface area (Å²) in [5.74, 6) is -1.14. The van der Waals surface area contributed by atoms with E-state index in [9.17, 15) is 13.6 Å². The second-order valence-electron chi connectivity index (χ2n) is 4.66. The number of amides is 1. The molecule has 0 radical (unpaired) electrons. The van der Waals surface area contributed by atoms with E-state index >= 15 is 0 Å². The summed E-state index contributed by atoms with van der Waals surface area (Å²) < 4.78 is 32.4. The van der Waals surface area contributed by atoms with E-state index in [2.05, 4.69) is 10.3 Å². The molecule has 1 amide bonds. The van der Waals surface area contributed by atoms with E-state index in [1.54, 1.807) is 24.3 Å². The van der Waals surface area contributed by atoms with E-state index in [1.807, 2.05) is 6.92 Å². The summed E-state index contributed by atoms with van der Waals surface area (Å²) in [7, 11) is 0. The Kier molecular flexibility index (Phi) is 4.20. The number of hydrogen-bond acceptors (Lipinski definition) is 4. The second kappa shape index (κ2) is 6.29. The maximum absolute atomic E-state index is 13.6. The molecule has 0 atom stereocenters. The molecular weight excluding hydrogens is 322 g/mol. The summed E-state index contributed by atoms with van der Waals surface area (Å²) in [4.78, 5) is 16.1. The van der Waals surface area contributed by atoms with Crippen molar-refractivity contribution < 1.29 is 18.3 Å². The fourth-order valence-corrected chi connectivity index (χ4v) is 2.95. The van der Waals surface area contributed by atoms with Crippen LogP contribution < -0.4 is 10.1 Å². The van der Waals surface area contributed by atoms with E-state index in [0.717, 1.165) is 17.4 Å². The minimum atomic E-state index is -0.752. The molecule has 0 aliphatic heterocycles.